The zero-order chi connectivity index (χ0) is 25.9. The van der Waals surface area contributed by atoms with E-state index in [2.05, 4.69) is 30.0 Å². The van der Waals surface area contributed by atoms with Crippen LogP contribution in [0.4, 0.5) is 5.95 Å². The fourth-order valence-corrected chi connectivity index (χ4v) is 5.43. The van der Waals surface area contributed by atoms with Crippen molar-refractivity contribution in [3.8, 4) is 11.4 Å². The summed E-state index contributed by atoms with van der Waals surface area (Å²) < 4.78 is 49.4. The lowest BCUT2D eigenvalue weighted by molar-refractivity contribution is 0.0189. The van der Waals surface area contributed by atoms with Crippen molar-refractivity contribution < 1.29 is 22.6 Å². The van der Waals surface area contributed by atoms with Crippen molar-refractivity contribution in [3.05, 3.63) is 35.1 Å². The average molecular weight is 541 g/mol. The number of rotatable bonds is 12. The molecule has 15 heteroatoms. The van der Waals surface area contributed by atoms with Crippen molar-refractivity contribution in [1.82, 2.24) is 34.5 Å². The summed E-state index contributed by atoms with van der Waals surface area (Å²) >= 11 is 5.87. The molecule has 3 aromatic heterocycles. The Morgan fingerprint density at radius 2 is 1.89 bits per heavy atom. The van der Waals surface area contributed by atoms with E-state index in [9.17, 15) is 8.42 Å². The van der Waals surface area contributed by atoms with Gasteiger partial charge in [-0.15, -0.1) is 10.2 Å². The van der Waals surface area contributed by atoms with E-state index in [1.165, 1.54) is 33.5 Å². The molecule has 3 aromatic rings. The molecule has 1 unspecified atom stereocenters. The number of hydrogen-bond donors (Lipinski definition) is 1. The Kier molecular flexibility index (Phi) is 8.20. The van der Waals surface area contributed by atoms with Gasteiger partial charge in [0.15, 0.2) is 11.6 Å². The zero-order valence-corrected chi connectivity index (χ0v) is 22.0. The number of fused-ring (bicyclic) bond motifs is 1. The topological polar surface area (TPSA) is 148 Å². The molecule has 36 heavy (non-hydrogen) atoms. The minimum absolute atomic E-state index is 0.00428. The highest BCUT2D eigenvalue weighted by Crippen LogP contribution is 2.33. The van der Waals surface area contributed by atoms with E-state index in [0.717, 1.165) is 30.6 Å². The zero-order valence-electron chi connectivity index (χ0n) is 20.5. The minimum atomic E-state index is -4.05. The molecule has 0 saturated carbocycles. The number of nitrogens with zero attached hydrogens (tertiary/aromatic N) is 7. The van der Waals surface area contributed by atoms with Gasteiger partial charge in [0.2, 0.25) is 16.0 Å². The first-order valence-electron chi connectivity index (χ1n) is 11.3. The standard InChI is InChI=1S/C21H29ClN8O5S/c1-13(18(35-4)19-23-10-14(22)11-24-19)36(31,32)28-21-27-26-20(30(21)17(34-3)7-9-33-2)15-12-25-29-8-5-6-16(15)29/h10-13,17-18H,5-9H2,1-4H3,(H,27,28)/t13-,17?,18-/m0/s1. The minimum Gasteiger partial charge on any atom is -0.385 e. The summed E-state index contributed by atoms with van der Waals surface area (Å²) in [6, 6.07) is 0. The maximum Gasteiger partial charge on any atom is 0.240 e. The van der Waals surface area contributed by atoms with Crippen LogP contribution in [0.2, 0.25) is 5.02 Å². The monoisotopic (exact) mass is 540 g/mol. The van der Waals surface area contributed by atoms with Gasteiger partial charge >= 0.3 is 0 Å². The Bertz CT molecular complexity index is 1280. The van der Waals surface area contributed by atoms with Gasteiger partial charge < -0.3 is 14.2 Å². The van der Waals surface area contributed by atoms with E-state index < -0.39 is 27.6 Å². The molecule has 3 atom stereocenters. The van der Waals surface area contributed by atoms with Crippen LogP contribution in [-0.2, 0) is 37.2 Å². The average Bonchev–Trinajstić information content (AvgIpc) is 3.58. The van der Waals surface area contributed by atoms with Crippen LogP contribution in [-0.4, -0.2) is 76.1 Å². The number of aryl methyl sites for hydroxylation is 1. The highest BCUT2D eigenvalue weighted by Gasteiger charge is 2.35. The van der Waals surface area contributed by atoms with E-state index in [1.807, 2.05) is 4.68 Å². The maximum atomic E-state index is 13.5. The van der Waals surface area contributed by atoms with Gasteiger partial charge in [0.25, 0.3) is 0 Å². The number of ether oxygens (including phenoxy) is 3. The summed E-state index contributed by atoms with van der Waals surface area (Å²) in [5.41, 5.74) is 1.80. The molecule has 13 nitrogen and oxygen atoms in total. The molecular weight excluding hydrogens is 512 g/mol. The van der Waals surface area contributed by atoms with Crippen molar-refractivity contribution in [2.45, 2.75) is 50.3 Å². The van der Waals surface area contributed by atoms with Crippen molar-refractivity contribution in [2.24, 2.45) is 0 Å². The molecule has 1 aliphatic rings. The lowest BCUT2D eigenvalue weighted by Crippen LogP contribution is -2.34. The van der Waals surface area contributed by atoms with E-state index in [4.69, 9.17) is 25.8 Å². The van der Waals surface area contributed by atoms with Gasteiger partial charge in [-0.05, 0) is 19.8 Å². The number of methoxy groups -OCH3 is 3. The lowest BCUT2D eigenvalue weighted by atomic mass is 10.2. The number of aromatic nitrogens is 7. The van der Waals surface area contributed by atoms with Crippen LogP contribution in [0.1, 0.15) is 43.6 Å². The number of anilines is 1. The second-order valence-electron chi connectivity index (χ2n) is 8.29. The Labute approximate surface area is 214 Å². The van der Waals surface area contributed by atoms with E-state index in [-0.39, 0.29) is 11.8 Å². The summed E-state index contributed by atoms with van der Waals surface area (Å²) in [4.78, 5) is 8.24. The molecule has 0 saturated heterocycles. The smallest absolute Gasteiger partial charge is 0.240 e. The fraction of sp³-hybridized carbons (Fsp3) is 0.571. The highest BCUT2D eigenvalue weighted by atomic mass is 35.5. The Morgan fingerprint density at radius 1 is 1.14 bits per heavy atom. The molecule has 0 fully saturated rings. The molecule has 0 bridgehead atoms. The normalized spacial score (nSPS) is 16.0. The van der Waals surface area contributed by atoms with Crippen LogP contribution in [0, 0.1) is 0 Å². The Hall–Kier alpha value is -2.65. The first-order chi connectivity index (χ1) is 17.3. The predicted octanol–water partition coefficient (Wildman–Crippen LogP) is 2.23. The summed E-state index contributed by atoms with van der Waals surface area (Å²) in [5, 5.41) is 12.2. The van der Waals surface area contributed by atoms with Crippen LogP contribution < -0.4 is 4.72 Å². The first kappa shape index (κ1) is 26.4. The van der Waals surface area contributed by atoms with Gasteiger partial charge in [-0.1, -0.05) is 11.6 Å². The Balaban J connectivity index is 1.70. The van der Waals surface area contributed by atoms with Gasteiger partial charge in [0, 0.05) is 52.4 Å². The third kappa shape index (κ3) is 5.22. The largest absolute Gasteiger partial charge is 0.385 e. The third-order valence-corrected chi connectivity index (χ3v) is 7.98. The number of halogens is 1. The maximum absolute atomic E-state index is 13.5. The van der Waals surface area contributed by atoms with Gasteiger partial charge in [0.05, 0.1) is 23.4 Å². The number of nitrogens with one attached hydrogen (secondary N) is 1. The SMILES string of the molecule is COCCC(OC)n1c(NS(=O)(=O)[C@@H](C)[C@H](OC)c2ncc(Cl)cn2)nnc1-c1cnn2c1CCC2. The van der Waals surface area contributed by atoms with E-state index >= 15 is 0 Å². The molecule has 0 amide bonds. The first-order valence-corrected chi connectivity index (χ1v) is 13.3. The quantitative estimate of drug-likeness (QED) is 0.362. The lowest BCUT2D eigenvalue weighted by Gasteiger charge is -2.24. The molecule has 0 aromatic carbocycles. The Morgan fingerprint density at radius 3 is 2.56 bits per heavy atom. The van der Waals surface area contributed by atoms with Gasteiger partial charge in [-0.3, -0.25) is 14.0 Å². The van der Waals surface area contributed by atoms with Crippen LogP contribution in [0.25, 0.3) is 11.4 Å². The fourth-order valence-electron chi connectivity index (χ4n) is 4.20. The molecule has 1 aliphatic heterocycles. The van der Waals surface area contributed by atoms with Gasteiger partial charge in [-0.25, -0.2) is 18.4 Å². The van der Waals surface area contributed by atoms with E-state index in [0.29, 0.717) is 23.9 Å². The van der Waals surface area contributed by atoms with Crippen molar-refractivity contribution in [2.75, 3.05) is 32.7 Å². The second-order valence-corrected chi connectivity index (χ2v) is 10.8. The third-order valence-electron chi connectivity index (χ3n) is 6.10. The predicted molar refractivity (Wildman–Crippen MR) is 131 cm³/mol. The summed E-state index contributed by atoms with van der Waals surface area (Å²) in [6.07, 6.45) is 5.18. The summed E-state index contributed by atoms with van der Waals surface area (Å²) in [6.45, 7) is 2.70. The summed E-state index contributed by atoms with van der Waals surface area (Å²) in [7, 11) is 0.454. The molecule has 0 aliphatic carbocycles. The van der Waals surface area contributed by atoms with Gasteiger partial charge in [0.1, 0.15) is 17.6 Å². The van der Waals surface area contributed by atoms with Crippen molar-refractivity contribution >= 4 is 27.6 Å². The molecule has 4 rings (SSSR count). The van der Waals surface area contributed by atoms with E-state index in [1.54, 1.807) is 17.9 Å². The summed E-state index contributed by atoms with van der Waals surface area (Å²) in [5.74, 6) is 0.646. The molecule has 4 heterocycles. The number of hydrogen-bond acceptors (Lipinski definition) is 10. The molecular formula is C21H29ClN8O5S. The number of sulfonamides is 1. The molecule has 196 valence electrons. The van der Waals surface area contributed by atoms with Crippen LogP contribution >= 0.6 is 11.6 Å². The van der Waals surface area contributed by atoms with Crippen LogP contribution in [0.5, 0.6) is 0 Å². The van der Waals surface area contributed by atoms with Gasteiger partial charge in [-0.2, -0.15) is 5.10 Å². The molecule has 1 N–H and O–H groups in total. The highest BCUT2D eigenvalue weighted by molar-refractivity contribution is 7.93. The second kappa shape index (κ2) is 11.2. The molecule has 0 radical (unpaired) electrons. The van der Waals surface area contributed by atoms with Crippen molar-refractivity contribution in [3.63, 3.8) is 0 Å². The van der Waals surface area contributed by atoms with Crippen LogP contribution in [0.15, 0.2) is 18.6 Å². The molecule has 0 spiro atoms. The van der Waals surface area contributed by atoms with Crippen molar-refractivity contribution in [1.29, 1.82) is 0 Å². The van der Waals surface area contributed by atoms with Crippen LogP contribution in [0.3, 0.4) is 0 Å².